The molecule has 2 amide bonds. The predicted octanol–water partition coefficient (Wildman–Crippen LogP) is 2.89. The number of carbonyl (C=O) groups is 2. The first-order valence-corrected chi connectivity index (χ1v) is 8.87. The SMILES string of the molecule is CCC(C)Oc1c(Br)cc(C=C2C(=O)NC(=S)N(C)C2=O)cc1OC. The molecule has 1 aromatic carbocycles. The van der Waals surface area contributed by atoms with E-state index in [-0.39, 0.29) is 16.8 Å². The van der Waals surface area contributed by atoms with E-state index in [0.29, 0.717) is 21.5 Å². The fraction of sp³-hybridized carbons (Fsp3) is 0.353. The minimum absolute atomic E-state index is 0.000600. The molecule has 1 aromatic rings. The average Bonchev–Trinajstić information content (AvgIpc) is 2.58. The van der Waals surface area contributed by atoms with Crippen molar-refractivity contribution < 1.29 is 19.1 Å². The van der Waals surface area contributed by atoms with Gasteiger partial charge in [-0.25, -0.2) is 0 Å². The largest absolute Gasteiger partial charge is 0.493 e. The van der Waals surface area contributed by atoms with Crippen LogP contribution in [0.25, 0.3) is 6.08 Å². The van der Waals surface area contributed by atoms with Crippen LogP contribution < -0.4 is 14.8 Å². The molecule has 0 spiro atoms. The summed E-state index contributed by atoms with van der Waals surface area (Å²) in [6.07, 6.45) is 2.37. The molecule has 8 heteroatoms. The fourth-order valence-electron chi connectivity index (χ4n) is 2.13. The molecule has 1 heterocycles. The van der Waals surface area contributed by atoms with Crippen LogP contribution in [0.2, 0.25) is 0 Å². The molecule has 1 saturated heterocycles. The highest BCUT2D eigenvalue weighted by atomic mass is 79.9. The maximum Gasteiger partial charge on any atom is 0.265 e. The highest BCUT2D eigenvalue weighted by molar-refractivity contribution is 9.10. The Bertz CT molecular complexity index is 763. The number of rotatable bonds is 5. The van der Waals surface area contributed by atoms with Crippen molar-refractivity contribution in [3.63, 3.8) is 0 Å². The predicted molar refractivity (Wildman–Crippen MR) is 103 cm³/mol. The second-order valence-corrected chi connectivity index (χ2v) is 6.79. The summed E-state index contributed by atoms with van der Waals surface area (Å²) < 4.78 is 11.9. The molecule has 1 atom stereocenters. The Hall–Kier alpha value is -1.93. The van der Waals surface area contributed by atoms with Crippen LogP contribution in [0.1, 0.15) is 25.8 Å². The minimum Gasteiger partial charge on any atom is -0.493 e. The van der Waals surface area contributed by atoms with E-state index in [4.69, 9.17) is 21.7 Å². The Labute approximate surface area is 160 Å². The summed E-state index contributed by atoms with van der Waals surface area (Å²) in [4.78, 5) is 25.6. The number of hydrogen-bond acceptors (Lipinski definition) is 5. The highest BCUT2D eigenvalue weighted by Gasteiger charge is 2.30. The highest BCUT2D eigenvalue weighted by Crippen LogP contribution is 2.38. The van der Waals surface area contributed by atoms with E-state index in [1.165, 1.54) is 25.1 Å². The van der Waals surface area contributed by atoms with Gasteiger partial charge >= 0.3 is 0 Å². The fourth-order valence-corrected chi connectivity index (χ4v) is 2.86. The van der Waals surface area contributed by atoms with Gasteiger partial charge in [-0.1, -0.05) is 6.92 Å². The summed E-state index contributed by atoms with van der Waals surface area (Å²) in [6.45, 7) is 3.99. The van der Waals surface area contributed by atoms with Crippen LogP contribution in [0.3, 0.4) is 0 Å². The second-order valence-electron chi connectivity index (χ2n) is 5.55. The van der Waals surface area contributed by atoms with Crippen LogP contribution in [-0.4, -0.2) is 42.1 Å². The number of methoxy groups -OCH3 is 1. The van der Waals surface area contributed by atoms with Crippen molar-refractivity contribution >= 4 is 51.2 Å². The number of likely N-dealkylation sites (N-methyl/N-ethyl adjacent to an activating group) is 1. The molecule has 1 unspecified atom stereocenters. The quantitative estimate of drug-likeness (QED) is 0.445. The van der Waals surface area contributed by atoms with Gasteiger partial charge in [0.05, 0.1) is 17.7 Å². The molecule has 0 aromatic heterocycles. The molecular formula is C17H19BrN2O4S. The van der Waals surface area contributed by atoms with Crippen LogP contribution in [0.5, 0.6) is 11.5 Å². The molecule has 0 aliphatic carbocycles. The van der Waals surface area contributed by atoms with Gasteiger partial charge in [0, 0.05) is 7.05 Å². The van der Waals surface area contributed by atoms with E-state index >= 15 is 0 Å². The monoisotopic (exact) mass is 426 g/mol. The first-order chi connectivity index (χ1) is 11.8. The van der Waals surface area contributed by atoms with Crippen molar-refractivity contribution in [2.45, 2.75) is 26.4 Å². The number of hydrogen-bond donors (Lipinski definition) is 1. The third-order valence-corrected chi connectivity index (χ3v) is 4.73. The van der Waals surface area contributed by atoms with E-state index in [2.05, 4.69) is 21.2 Å². The van der Waals surface area contributed by atoms with Crippen LogP contribution >= 0.6 is 28.1 Å². The molecule has 1 N–H and O–H groups in total. The van der Waals surface area contributed by atoms with Crippen LogP contribution in [0, 0.1) is 0 Å². The molecule has 2 rings (SSSR count). The van der Waals surface area contributed by atoms with E-state index in [1.807, 2.05) is 13.8 Å². The molecule has 1 aliphatic heterocycles. The summed E-state index contributed by atoms with van der Waals surface area (Å²) in [5.41, 5.74) is 0.626. The Morgan fingerprint density at radius 1 is 1.40 bits per heavy atom. The maximum atomic E-state index is 12.3. The van der Waals surface area contributed by atoms with E-state index in [0.717, 1.165) is 6.42 Å². The van der Waals surface area contributed by atoms with E-state index in [1.54, 1.807) is 12.1 Å². The summed E-state index contributed by atoms with van der Waals surface area (Å²) in [7, 11) is 3.05. The third-order valence-electron chi connectivity index (χ3n) is 3.76. The lowest BCUT2D eigenvalue weighted by molar-refractivity contribution is -0.128. The normalized spacial score (nSPS) is 17.6. The van der Waals surface area contributed by atoms with Gasteiger partial charge in [-0.15, -0.1) is 0 Å². The number of carbonyl (C=O) groups excluding carboxylic acids is 2. The summed E-state index contributed by atoms with van der Waals surface area (Å²) in [5, 5.41) is 2.57. The van der Waals surface area contributed by atoms with Crippen molar-refractivity contribution in [3.8, 4) is 11.5 Å². The van der Waals surface area contributed by atoms with Crippen molar-refractivity contribution in [3.05, 3.63) is 27.7 Å². The standard InChI is InChI=1S/C17H19BrN2O4S/c1-5-9(2)24-14-12(18)7-10(8-13(14)23-4)6-11-15(21)19-17(25)20(3)16(11)22/h6-9H,5H2,1-4H3,(H,19,21,25). The Kier molecular flexibility index (Phi) is 6.18. The van der Waals surface area contributed by atoms with Crippen molar-refractivity contribution in [1.82, 2.24) is 10.2 Å². The lowest BCUT2D eigenvalue weighted by Crippen LogP contribution is -2.52. The van der Waals surface area contributed by atoms with E-state index in [9.17, 15) is 9.59 Å². The van der Waals surface area contributed by atoms with Gasteiger partial charge in [-0.05, 0) is 65.3 Å². The number of amides is 2. The zero-order chi connectivity index (χ0) is 18.7. The summed E-state index contributed by atoms with van der Waals surface area (Å²) in [6, 6.07) is 3.48. The molecule has 25 heavy (non-hydrogen) atoms. The molecule has 6 nitrogen and oxygen atoms in total. The lowest BCUT2D eigenvalue weighted by atomic mass is 10.1. The Balaban J connectivity index is 2.43. The van der Waals surface area contributed by atoms with Crippen LogP contribution in [-0.2, 0) is 9.59 Å². The maximum absolute atomic E-state index is 12.3. The molecule has 134 valence electrons. The Morgan fingerprint density at radius 3 is 2.68 bits per heavy atom. The van der Waals surface area contributed by atoms with E-state index < -0.39 is 11.8 Å². The molecule has 0 bridgehead atoms. The first-order valence-electron chi connectivity index (χ1n) is 7.67. The molecule has 0 saturated carbocycles. The second kappa shape index (κ2) is 7.97. The lowest BCUT2D eigenvalue weighted by Gasteiger charge is -2.25. The summed E-state index contributed by atoms with van der Waals surface area (Å²) >= 11 is 8.39. The van der Waals surface area contributed by atoms with Crippen molar-refractivity contribution in [1.29, 1.82) is 0 Å². The molecular weight excluding hydrogens is 408 g/mol. The number of benzene rings is 1. The zero-order valence-corrected chi connectivity index (χ0v) is 16.8. The summed E-state index contributed by atoms with van der Waals surface area (Å²) in [5.74, 6) is 0.109. The number of nitrogens with zero attached hydrogens (tertiary/aromatic N) is 1. The van der Waals surface area contributed by atoms with Gasteiger partial charge in [0.1, 0.15) is 5.57 Å². The van der Waals surface area contributed by atoms with Gasteiger partial charge in [-0.3, -0.25) is 19.8 Å². The van der Waals surface area contributed by atoms with Gasteiger partial charge in [0.25, 0.3) is 11.8 Å². The minimum atomic E-state index is -0.525. The average molecular weight is 427 g/mol. The number of nitrogens with one attached hydrogen (secondary N) is 1. The van der Waals surface area contributed by atoms with Gasteiger partial charge in [-0.2, -0.15) is 0 Å². The number of ether oxygens (including phenoxy) is 2. The van der Waals surface area contributed by atoms with Gasteiger partial charge < -0.3 is 9.47 Å². The van der Waals surface area contributed by atoms with Gasteiger partial charge in [0.2, 0.25) is 0 Å². The number of thiocarbonyl (C=S) groups is 1. The first kappa shape index (κ1) is 19.4. The number of halogens is 1. The third kappa shape index (κ3) is 4.19. The molecule has 1 aliphatic rings. The van der Waals surface area contributed by atoms with Crippen LogP contribution in [0.15, 0.2) is 22.2 Å². The molecule has 1 fully saturated rings. The Morgan fingerprint density at radius 2 is 2.08 bits per heavy atom. The van der Waals surface area contributed by atoms with Crippen molar-refractivity contribution in [2.24, 2.45) is 0 Å². The topological polar surface area (TPSA) is 67.9 Å². The van der Waals surface area contributed by atoms with Gasteiger partial charge in [0.15, 0.2) is 16.6 Å². The zero-order valence-electron chi connectivity index (χ0n) is 14.4. The van der Waals surface area contributed by atoms with Crippen molar-refractivity contribution in [2.75, 3.05) is 14.2 Å². The molecule has 0 radical (unpaired) electrons. The smallest absolute Gasteiger partial charge is 0.265 e. The van der Waals surface area contributed by atoms with Crippen LogP contribution in [0.4, 0.5) is 0 Å².